The molecule has 1 aromatic heterocycles. The number of hydrogen-bond acceptors (Lipinski definition) is 5. The third kappa shape index (κ3) is 4.07. The van der Waals surface area contributed by atoms with Gasteiger partial charge in [0.1, 0.15) is 17.5 Å². The second kappa shape index (κ2) is 7.43. The van der Waals surface area contributed by atoms with Crippen LogP contribution >= 0.6 is 0 Å². The average molecular weight is 278 g/mol. The summed E-state index contributed by atoms with van der Waals surface area (Å²) in [7, 11) is 0. The van der Waals surface area contributed by atoms with Crippen molar-refractivity contribution in [3.8, 4) is 0 Å². The highest BCUT2D eigenvalue weighted by molar-refractivity contribution is 5.57. The van der Waals surface area contributed by atoms with E-state index < -0.39 is 0 Å². The molecule has 0 amide bonds. The number of aromatic nitrogens is 2. The van der Waals surface area contributed by atoms with Crippen molar-refractivity contribution in [2.45, 2.75) is 52.6 Å². The first-order valence-electron chi connectivity index (χ1n) is 7.65. The van der Waals surface area contributed by atoms with Gasteiger partial charge in [-0.15, -0.1) is 0 Å². The largest absolute Gasteiger partial charge is 0.378 e. The molecule has 1 aromatic rings. The van der Waals surface area contributed by atoms with Gasteiger partial charge in [-0.25, -0.2) is 9.97 Å². The quantitative estimate of drug-likeness (QED) is 0.838. The summed E-state index contributed by atoms with van der Waals surface area (Å²) in [5.74, 6) is 2.66. The summed E-state index contributed by atoms with van der Waals surface area (Å²) in [6, 6.07) is 0. The van der Waals surface area contributed by atoms with Crippen LogP contribution in [-0.2, 0) is 4.74 Å². The van der Waals surface area contributed by atoms with Gasteiger partial charge in [-0.2, -0.15) is 0 Å². The summed E-state index contributed by atoms with van der Waals surface area (Å²) in [6.07, 6.45) is 5.14. The van der Waals surface area contributed by atoms with Crippen LogP contribution in [0.15, 0.2) is 0 Å². The summed E-state index contributed by atoms with van der Waals surface area (Å²) >= 11 is 0. The molecule has 2 N–H and O–H groups in total. The van der Waals surface area contributed by atoms with Crippen molar-refractivity contribution < 1.29 is 4.74 Å². The Morgan fingerprint density at radius 3 is 2.55 bits per heavy atom. The topological polar surface area (TPSA) is 59.1 Å². The molecule has 1 saturated heterocycles. The third-order valence-corrected chi connectivity index (χ3v) is 3.63. The van der Waals surface area contributed by atoms with Crippen molar-refractivity contribution in [1.82, 2.24) is 9.97 Å². The Hall–Kier alpha value is -1.36. The SMILES string of the molecule is CCNc1nc(C)nc(NCCC2CCCCO2)c1C. The van der Waals surface area contributed by atoms with Crippen LogP contribution in [0, 0.1) is 13.8 Å². The maximum absolute atomic E-state index is 5.75. The standard InChI is InChI=1S/C15H26N4O/c1-4-16-14-11(2)15(19-12(3)18-14)17-9-8-13-7-5-6-10-20-13/h13H,4-10H2,1-3H3,(H2,16,17,18,19). The van der Waals surface area contributed by atoms with Crippen molar-refractivity contribution >= 4 is 11.6 Å². The summed E-state index contributed by atoms with van der Waals surface area (Å²) in [6.45, 7) is 8.73. The molecule has 2 heterocycles. The Bertz CT molecular complexity index is 430. The molecule has 1 unspecified atom stereocenters. The van der Waals surface area contributed by atoms with Gasteiger partial charge in [0.05, 0.1) is 6.10 Å². The van der Waals surface area contributed by atoms with E-state index in [-0.39, 0.29) is 0 Å². The molecule has 20 heavy (non-hydrogen) atoms. The van der Waals surface area contributed by atoms with Crippen molar-refractivity contribution in [1.29, 1.82) is 0 Å². The molecular weight excluding hydrogens is 252 g/mol. The minimum atomic E-state index is 0.410. The van der Waals surface area contributed by atoms with Crippen LogP contribution in [-0.4, -0.2) is 35.8 Å². The first-order valence-corrected chi connectivity index (χ1v) is 7.65. The summed E-state index contributed by atoms with van der Waals surface area (Å²) < 4.78 is 5.75. The fraction of sp³-hybridized carbons (Fsp3) is 0.733. The van der Waals surface area contributed by atoms with Gasteiger partial charge in [0, 0.05) is 25.3 Å². The van der Waals surface area contributed by atoms with Gasteiger partial charge in [0.2, 0.25) is 0 Å². The zero-order valence-corrected chi connectivity index (χ0v) is 12.8. The fourth-order valence-corrected chi connectivity index (χ4v) is 2.53. The maximum atomic E-state index is 5.75. The van der Waals surface area contributed by atoms with Crippen molar-refractivity contribution in [3.05, 3.63) is 11.4 Å². The van der Waals surface area contributed by atoms with Gasteiger partial charge in [-0.1, -0.05) is 0 Å². The van der Waals surface area contributed by atoms with Crippen LogP contribution in [0.25, 0.3) is 0 Å². The van der Waals surface area contributed by atoms with E-state index in [1.165, 1.54) is 19.3 Å². The molecule has 0 spiro atoms. The minimum Gasteiger partial charge on any atom is -0.378 e. The molecule has 1 aliphatic heterocycles. The number of nitrogens with zero attached hydrogens (tertiary/aromatic N) is 2. The number of hydrogen-bond donors (Lipinski definition) is 2. The second-order valence-electron chi connectivity index (χ2n) is 5.33. The molecule has 1 atom stereocenters. The van der Waals surface area contributed by atoms with Gasteiger partial charge in [-0.05, 0) is 46.5 Å². The molecule has 0 aliphatic carbocycles. The van der Waals surface area contributed by atoms with Gasteiger partial charge >= 0.3 is 0 Å². The lowest BCUT2D eigenvalue weighted by Gasteiger charge is -2.23. The number of aryl methyl sites for hydroxylation is 1. The van der Waals surface area contributed by atoms with Crippen LogP contribution < -0.4 is 10.6 Å². The molecule has 0 saturated carbocycles. The molecule has 1 fully saturated rings. The predicted molar refractivity (Wildman–Crippen MR) is 82.4 cm³/mol. The lowest BCUT2D eigenvalue weighted by molar-refractivity contribution is 0.0134. The molecule has 0 radical (unpaired) electrons. The molecule has 2 rings (SSSR count). The van der Waals surface area contributed by atoms with E-state index in [9.17, 15) is 0 Å². The smallest absolute Gasteiger partial charge is 0.134 e. The normalized spacial score (nSPS) is 18.9. The van der Waals surface area contributed by atoms with E-state index in [2.05, 4.69) is 34.4 Å². The molecule has 5 heteroatoms. The monoisotopic (exact) mass is 278 g/mol. The van der Waals surface area contributed by atoms with Gasteiger partial charge < -0.3 is 15.4 Å². The molecule has 0 bridgehead atoms. The molecule has 5 nitrogen and oxygen atoms in total. The first-order chi connectivity index (χ1) is 9.70. The second-order valence-corrected chi connectivity index (χ2v) is 5.33. The highest BCUT2D eigenvalue weighted by Gasteiger charge is 2.14. The predicted octanol–water partition coefficient (Wildman–Crippen LogP) is 2.90. The number of rotatable bonds is 6. The van der Waals surface area contributed by atoms with Crippen LogP contribution in [0.3, 0.4) is 0 Å². The number of nitrogens with one attached hydrogen (secondary N) is 2. The van der Waals surface area contributed by atoms with E-state index in [0.717, 1.165) is 49.1 Å². The summed E-state index contributed by atoms with van der Waals surface area (Å²) in [5.41, 5.74) is 1.09. The van der Waals surface area contributed by atoms with Gasteiger partial charge in [0.15, 0.2) is 0 Å². The Labute approximate surface area is 121 Å². The Morgan fingerprint density at radius 1 is 1.15 bits per heavy atom. The van der Waals surface area contributed by atoms with Crippen LogP contribution in [0.1, 0.15) is 44.0 Å². The van der Waals surface area contributed by atoms with Crippen molar-refractivity contribution in [3.63, 3.8) is 0 Å². The van der Waals surface area contributed by atoms with E-state index in [0.29, 0.717) is 6.10 Å². The maximum Gasteiger partial charge on any atom is 0.134 e. The zero-order chi connectivity index (χ0) is 14.4. The van der Waals surface area contributed by atoms with E-state index in [1.54, 1.807) is 0 Å². The van der Waals surface area contributed by atoms with Gasteiger partial charge in [-0.3, -0.25) is 0 Å². The fourth-order valence-electron chi connectivity index (χ4n) is 2.53. The third-order valence-electron chi connectivity index (χ3n) is 3.63. The Morgan fingerprint density at radius 2 is 1.90 bits per heavy atom. The van der Waals surface area contributed by atoms with Crippen molar-refractivity contribution in [2.24, 2.45) is 0 Å². The molecular formula is C15H26N4O. The summed E-state index contributed by atoms with van der Waals surface area (Å²) in [4.78, 5) is 8.93. The van der Waals surface area contributed by atoms with E-state index >= 15 is 0 Å². The van der Waals surface area contributed by atoms with Crippen LogP contribution in [0.5, 0.6) is 0 Å². The minimum absolute atomic E-state index is 0.410. The van der Waals surface area contributed by atoms with Crippen molar-refractivity contribution in [2.75, 3.05) is 30.3 Å². The number of ether oxygens (including phenoxy) is 1. The highest BCUT2D eigenvalue weighted by atomic mass is 16.5. The zero-order valence-electron chi connectivity index (χ0n) is 12.8. The lowest BCUT2D eigenvalue weighted by atomic mass is 10.1. The van der Waals surface area contributed by atoms with Gasteiger partial charge in [0.25, 0.3) is 0 Å². The molecule has 0 aromatic carbocycles. The molecule has 1 aliphatic rings. The number of anilines is 2. The van der Waals surface area contributed by atoms with Crippen LogP contribution in [0.2, 0.25) is 0 Å². The average Bonchev–Trinajstić information content (AvgIpc) is 2.45. The summed E-state index contributed by atoms with van der Waals surface area (Å²) in [5, 5.41) is 6.71. The Kier molecular flexibility index (Phi) is 5.59. The van der Waals surface area contributed by atoms with Crippen LogP contribution in [0.4, 0.5) is 11.6 Å². The Balaban J connectivity index is 1.91. The first kappa shape index (κ1) is 15.0. The van der Waals surface area contributed by atoms with E-state index in [1.807, 2.05) is 6.92 Å². The lowest BCUT2D eigenvalue weighted by Crippen LogP contribution is -2.22. The van der Waals surface area contributed by atoms with E-state index in [4.69, 9.17) is 4.74 Å². The molecule has 112 valence electrons. The highest BCUT2D eigenvalue weighted by Crippen LogP contribution is 2.20.